The van der Waals surface area contributed by atoms with E-state index in [2.05, 4.69) is 20.4 Å². The molecule has 0 saturated heterocycles. The minimum absolute atomic E-state index is 0. The monoisotopic (exact) mass is 386 g/mol. The normalized spacial score (nSPS) is 10.4. The first-order valence-corrected chi connectivity index (χ1v) is 7.58. The fraction of sp³-hybridized carbons (Fsp3) is 0. The van der Waals surface area contributed by atoms with Crippen molar-refractivity contribution in [2.75, 3.05) is 5.32 Å². The first kappa shape index (κ1) is 19.4. The Morgan fingerprint density at radius 1 is 1.04 bits per heavy atom. The largest absolute Gasteiger partial charge is 1.00 e. The average molecular weight is 386 g/mol. The van der Waals surface area contributed by atoms with E-state index >= 15 is 0 Å². The van der Waals surface area contributed by atoms with E-state index in [-0.39, 0.29) is 56.9 Å². The molecule has 1 N–H and O–H groups in total. The number of fused-ring (bicyclic) bond motifs is 1. The number of carbonyl (C=O) groups is 2. The van der Waals surface area contributed by atoms with Gasteiger partial charge in [0.25, 0.3) is 5.91 Å². The molecule has 3 heterocycles. The number of carbonyl (C=O) groups excluding carboxylic acids is 2. The number of nitrogens with one attached hydrogen (secondary N) is 1. The number of amides is 1. The molecular formula is C17H11KN6O3. The van der Waals surface area contributed by atoms with Crippen LogP contribution in [-0.2, 0) is 0 Å². The molecule has 0 atom stereocenters. The van der Waals surface area contributed by atoms with Crippen molar-refractivity contribution in [3.8, 4) is 5.82 Å². The van der Waals surface area contributed by atoms with Gasteiger partial charge in [-0.1, -0.05) is 12.1 Å². The smallest absolute Gasteiger partial charge is 0.545 e. The molecule has 10 heteroatoms. The quantitative estimate of drug-likeness (QED) is 0.389. The van der Waals surface area contributed by atoms with E-state index < -0.39 is 11.9 Å². The van der Waals surface area contributed by atoms with Crippen LogP contribution in [-0.4, -0.2) is 36.0 Å². The zero-order valence-corrected chi connectivity index (χ0v) is 17.4. The summed E-state index contributed by atoms with van der Waals surface area (Å²) in [6, 6.07) is 9.00. The van der Waals surface area contributed by atoms with Crippen LogP contribution in [0.1, 0.15) is 20.7 Å². The molecule has 0 aliphatic rings. The molecule has 9 nitrogen and oxygen atoms in total. The molecule has 1 amide bonds. The molecule has 4 rings (SSSR count). The van der Waals surface area contributed by atoms with Crippen LogP contribution in [0.4, 0.5) is 5.82 Å². The number of aromatic nitrogens is 5. The van der Waals surface area contributed by atoms with Gasteiger partial charge in [0.1, 0.15) is 6.33 Å². The molecule has 27 heavy (non-hydrogen) atoms. The van der Waals surface area contributed by atoms with Crippen molar-refractivity contribution >= 4 is 23.3 Å². The van der Waals surface area contributed by atoms with E-state index in [1.54, 1.807) is 46.1 Å². The Hall–Kier alpha value is -2.37. The number of nitrogens with zero attached hydrogens (tertiary/aromatic N) is 5. The molecule has 4 aromatic rings. The third kappa shape index (κ3) is 4.15. The third-order valence-corrected chi connectivity index (χ3v) is 3.70. The molecule has 0 unspecified atom stereocenters. The Kier molecular flexibility index (Phi) is 5.82. The molecule has 0 aliphatic carbocycles. The SMILES string of the molecule is O=C([O-])c1ccc(C(=O)Nc2cn3nc(-n4ccnc4)ccc3n2)cc1.[K+]. The van der Waals surface area contributed by atoms with Gasteiger partial charge in [0.15, 0.2) is 17.3 Å². The molecule has 0 aliphatic heterocycles. The Balaban J connectivity index is 0.00000210. The van der Waals surface area contributed by atoms with E-state index in [9.17, 15) is 14.7 Å². The number of hydrogen-bond acceptors (Lipinski definition) is 6. The minimum Gasteiger partial charge on any atom is -0.545 e. The Morgan fingerprint density at radius 2 is 1.78 bits per heavy atom. The predicted molar refractivity (Wildman–Crippen MR) is 88.8 cm³/mol. The van der Waals surface area contributed by atoms with Gasteiger partial charge in [-0.15, -0.1) is 5.10 Å². The van der Waals surface area contributed by atoms with E-state index in [0.29, 0.717) is 22.8 Å². The number of hydrogen-bond donors (Lipinski definition) is 1. The summed E-state index contributed by atoms with van der Waals surface area (Å²) in [5, 5.41) is 17.8. The van der Waals surface area contributed by atoms with Crippen molar-refractivity contribution in [1.82, 2.24) is 24.1 Å². The minimum atomic E-state index is -1.29. The van der Waals surface area contributed by atoms with Crippen molar-refractivity contribution in [3.05, 3.63) is 72.4 Å². The number of aromatic carboxylic acids is 1. The van der Waals surface area contributed by atoms with Gasteiger partial charge in [-0.25, -0.2) is 14.5 Å². The maximum atomic E-state index is 12.3. The number of imidazole rings is 2. The zero-order chi connectivity index (χ0) is 18.1. The fourth-order valence-electron chi connectivity index (χ4n) is 2.41. The zero-order valence-electron chi connectivity index (χ0n) is 14.2. The Labute approximate surface area is 195 Å². The van der Waals surface area contributed by atoms with Gasteiger partial charge in [-0.05, 0) is 29.8 Å². The molecular weight excluding hydrogens is 375 g/mol. The van der Waals surface area contributed by atoms with Gasteiger partial charge in [0, 0.05) is 18.0 Å². The van der Waals surface area contributed by atoms with Crippen LogP contribution in [0.5, 0.6) is 0 Å². The van der Waals surface area contributed by atoms with Gasteiger partial charge in [0.2, 0.25) is 0 Å². The van der Waals surface area contributed by atoms with Crippen molar-refractivity contribution < 1.29 is 66.1 Å². The maximum absolute atomic E-state index is 12.3. The van der Waals surface area contributed by atoms with Crippen LogP contribution in [0.3, 0.4) is 0 Å². The number of carboxylic acid groups (broad SMARTS) is 1. The number of benzene rings is 1. The Bertz CT molecular complexity index is 1110. The molecule has 0 saturated carbocycles. The second-order valence-electron chi connectivity index (χ2n) is 5.41. The van der Waals surface area contributed by atoms with E-state index in [0.717, 1.165) is 0 Å². The standard InChI is InChI=1S/C17H12N6O3.K/c24-16(11-1-3-12(4-2-11)17(25)26)20-13-9-23-14(19-13)5-6-15(21-23)22-8-7-18-10-22;/h1-10H,(H,20,24)(H,25,26);/q;+1/p-1. The van der Waals surface area contributed by atoms with Crippen molar-refractivity contribution in [3.63, 3.8) is 0 Å². The van der Waals surface area contributed by atoms with Crippen molar-refractivity contribution in [2.45, 2.75) is 0 Å². The van der Waals surface area contributed by atoms with E-state index in [4.69, 9.17) is 0 Å². The van der Waals surface area contributed by atoms with Crippen molar-refractivity contribution in [2.24, 2.45) is 0 Å². The summed E-state index contributed by atoms with van der Waals surface area (Å²) < 4.78 is 3.29. The summed E-state index contributed by atoms with van der Waals surface area (Å²) in [6.45, 7) is 0. The van der Waals surface area contributed by atoms with Crippen LogP contribution in [0.2, 0.25) is 0 Å². The number of anilines is 1. The van der Waals surface area contributed by atoms with Crippen molar-refractivity contribution in [1.29, 1.82) is 0 Å². The molecule has 0 bridgehead atoms. The molecule has 128 valence electrons. The van der Waals surface area contributed by atoms with Crippen LogP contribution in [0.15, 0.2) is 61.3 Å². The average Bonchev–Trinajstić information content (AvgIpc) is 3.30. The summed E-state index contributed by atoms with van der Waals surface area (Å²) >= 11 is 0. The van der Waals surface area contributed by atoms with Gasteiger partial charge >= 0.3 is 51.4 Å². The van der Waals surface area contributed by atoms with E-state index in [1.807, 2.05) is 0 Å². The Morgan fingerprint density at radius 3 is 2.44 bits per heavy atom. The first-order valence-electron chi connectivity index (χ1n) is 7.58. The van der Waals surface area contributed by atoms with Crippen LogP contribution < -0.4 is 61.8 Å². The first-order chi connectivity index (χ1) is 12.6. The number of rotatable bonds is 4. The van der Waals surface area contributed by atoms with Crippen LogP contribution >= 0.6 is 0 Å². The number of carboxylic acids is 1. The summed E-state index contributed by atoms with van der Waals surface area (Å²) in [5.41, 5.74) is 0.876. The molecule has 0 radical (unpaired) electrons. The second kappa shape index (κ2) is 8.11. The molecule has 0 spiro atoms. The topological polar surface area (TPSA) is 117 Å². The van der Waals surface area contributed by atoms with Gasteiger partial charge in [-0.3, -0.25) is 9.36 Å². The van der Waals surface area contributed by atoms with Crippen LogP contribution in [0.25, 0.3) is 11.5 Å². The summed E-state index contributed by atoms with van der Waals surface area (Å²) in [6.07, 6.45) is 6.63. The summed E-state index contributed by atoms with van der Waals surface area (Å²) in [4.78, 5) is 31.3. The summed E-state index contributed by atoms with van der Waals surface area (Å²) in [5.74, 6) is -0.720. The fourth-order valence-corrected chi connectivity index (χ4v) is 2.41. The van der Waals surface area contributed by atoms with E-state index in [1.165, 1.54) is 24.3 Å². The molecule has 0 fully saturated rings. The molecule has 1 aromatic carbocycles. The van der Waals surface area contributed by atoms with Crippen LogP contribution in [0, 0.1) is 0 Å². The van der Waals surface area contributed by atoms with Gasteiger partial charge in [-0.2, -0.15) is 0 Å². The van der Waals surface area contributed by atoms with Gasteiger partial charge < -0.3 is 15.2 Å². The second-order valence-corrected chi connectivity index (χ2v) is 5.41. The third-order valence-electron chi connectivity index (χ3n) is 3.70. The summed E-state index contributed by atoms with van der Waals surface area (Å²) in [7, 11) is 0. The predicted octanol–water partition coefficient (Wildman–Crippen LogP) is -2.47. The van der Waals surface area contributed by atoms with Gasteiger partial charge in [0.05, 0.1) is 12.2 Å². The molecule has 3 aromatic heterocycles. The maximum Gasteiger partial charge on any atom is 1.00 e.